The standard InChI is InChI=1S/C31H28ClN7O4S/c1-17-12-21(28-27(35-17)23(16-44-28)31(41)42)20-13-19(32)4-5-25(20)43-11-10-39-18(2)36-24-15-34-29(22(14-33)26(24)30(39)40)38-8-6-37(3)7-9-38/h4-5,12-13,15-16H,6-11H2,1-3H3,(H,41,42). The molecule has 11 nitrogen and oxygen atoms in total. The summed E-state index contributed by atoms with van der Waals surface area (Å²) in [4.78, 5) is 43.5. The van der Waals surface area contributed by atoms with Crippen LogP contribution in [0.1, 0.15) is 27.4 Å². The van der Waals surface area contributed by atoms with E-state index in [0.29, 0.717) is 62.5 Å². The molecule has 0 aliphatic carbocycles. The molecule has 1 aliphatic heterocycles. The quantitative estimate of drug-likeness (QED) is 0.269. The van der Waals surface area contributed by atoms with Crippen molar-refractivity contribution >= 4 is 55.8 Å². The number of hydrogen-bond donors (Lipinski definition) is 1. The van der Waals surface area contributed by atoms with Crippen LogP contribution in [0.3, 0.4) is 0 Å². The number of hydrogen-bond acceptors (Lipinski definition) is 10. The molecule has 1 saturated heterocycles. The Labute approximate surface area is 261 Å². The van der Waals surface area contributed by atoms with Crippen LogP contribution in [0.25, 0.3) is 32.2 Å². The smallest absolute Gasteiger partial charge is 0.338 e. The highest BCUT2D eigenvalue weighted by Crippen LogP contribution is 2.40. The number of ether oxygens (including phenoxy) is 1. The van der Waals surface area contributed by atoms with Crippen molar-refractivity contribution < 1.29 is 14.6 Å². The summed E-state index contributed by atoms with van der Waals surface area (Å²) in [5.74, 6) is 0.457. The fourth-order valence-corrected chi connectivity index (χ4v) is 6.69. The number of carbonyl (C=O) groups is 1. The average Bonchev–Trinajstić information content (AvgIpc) is 3.43. The van der Waals surface area contributed by atoms with E-state index in [9.17, 15) is 20.0 Å². The normalized spacial score (nSPS) is 13.8. The van der Waals surface area contributed by atoms with Gasteiger partial charge >= 0.3 is 5.97 Å². The Morgan fingerprint density at radius 2 is 1.93 bits per heavy atom. The molecule has 0 spiro atoms. The van der Waals surface area contributed by atoms with Gasteiger partial charge in [-0.1, -0.05) is 11.6 Å². The molecule has 13 heteroatoms. The summed E-state index contributed by atoms with van der Waals surface area (Å²) in [6.45, 7) is 6.94. The number of piperazine rings is 1. The molecule has 4 aromatic heterocycles. The van der Waals surface area contributed by atoms with E-state index >= 15 is 0 Å². The van der Waals surface area contributed by atoms with Crippen LogP contribution in [0.2, 0.25) is 5.02 Å². The van der Waals surface area contributed by atoms with Crippen LogP contribution in [0.4, 0.5) is 5.82 Å². The third kappa shape index (κ3) is 5.34. The van der Waals surface area contributed by atoms with Gasteiger partial charge in [-0.05, 0) is 45.2 Å². The lowest BCUT2D eigenvalue weighted by Crippen LogP contribution is -2.45. The minimum Gasteiger partial charge on any atom is -0.491 e. The van der Waals surface area contributed by atoms with Crippen LogP contribution in [-0.2, 0) is 6.54 Å². The zero-order valence-electron chi connectivity index (χ0n) is 24.3. The van der Waals surface area contributed by atoms with Crippen LogP contribution in [0.5, 0.6) is 5.75 Å². The Balaban J connectivity index is 1.33. The average molecular weight is 630 g/mol. The Hall–Kier alpha value is -4.57. The number of aromatic carboxylic acids is 1. The van der Waals surface area contributed by atoms with Gasteiger partial charge in [-0.3, -0.25) is 14.3 Å². The predicted molar refractivity (Wildman–Crippen MR) is 170 cm³/mol. The number of benzene rings is 1. The first-order valence-corrected chi connectivity index (χ1v) is 15.2. The van der Waals surface area contributed by atoms with Crippen molar-refractivity contribution in [3.05, 3.63) is 73.9 Å². The van der Waals surface area contributed by atoms with Crippen molar-refractivity contribution in [1.82, 2.24) is 24.4 Å². The fourth-order valence-electron chi connectivity index (χ4n) is 5.51. The molecule has 224 valence electrons. The van der Waals surface area contributed by atoms with E-state index < -0.39 is 5.97 Å². The maximum Gasteiger partial charge on any atom is 0.338 e. The summed E-state index contributed by atoms with van der Waals surface area (Å²) >= 11 is 7.69. The number of aromatic nitrogens is 4. The number of aryl methyl sites for hydroxylation is 2. The van der Waals surface area contributed by atoms with Crippen molar-refractivity contribution in [3.8, 4) is 22.9 Å². The highest BCUT2D eigenvalue weighted by atomic mass is 35.5. The van der Waals surface area contributed by atoms with Crippen molar-refractivity contribution in [2.45, 2.75) is 20.4 Å². The second-order valence-electron chi connectivity index (χ2n) is 10.7. The maximum atomic E-state index is 13.8. The summed E-state index contributed by atoms with van der Waals surface area (Å²) in [5.41, 5.74) is 2.93. The maximum absolute atomic E-state index is 13.8. The topological polar surface area (TPSA) is 137 Å². The monoisotopic (exact) mass is 629 g/mol. The highest BCUT2D eigenvalue weighted by Gasteiger charge is 2.23. The first-order chi connectivity index (χ1) is 21.2. The summed E-state index contributed by atoms with van der Waals surface area (Å²) in [7, 11) is 2.05. The van der Waals surface area contributed by atoms with Crippen molar-refractivity contribution in [2.24, 2.45) is 0 Å². The van der Waals surface area contributed by atoms with Crippen LogP contribution < -0.4 is 15.2 Å². The fraction of sp³-hybridized carbons (Fsp3) is 0.290. The van der Waals surface area contributed by atoms with Crippen molar-refractivity contribution in [3.63, 3.8) is 0 Å². The number of pyridine rings is 2. The minimum absolute atomic E-state index is 0.124. The molecule has 1 fully saturated rings. The molecule has 0 radical (unpaired) electrons. The van der Waals surface area contributed by atoms with Gasteiger partial charge in [-0.2, -0.15) is 5.26 Å². The van der Waals surface area contributed by atoms with E-state index in [-0.39, 0.29) is 35.2 Å². The second kappa shape index (κ2) is 11.8. The molecular weight excluding hydrogens is 602 g/mol. The summed E-state index contributed by atoms with van der Waals surface area (Å²) in [6.07, 6.45) is 1.57. The number of likely N-dealkylation sites (N-methyl/N-ethyl adjacent to an activating group) is 1. The van der Waals surface area contributed by atoms with E-state index in [0.717, 1.165) is 18.7 Å². The number of rotatable bonds is 7. The lowest BCUT2D eigenvalue weighted by atomic mass is 10.0. The van der Waals surface area contributed by atoms with E-state index in [1.165, 1.54) is 15.9 Å². The molecule has 5 heterocycles. The van der Waals surface area contributed by atoms with Gasteiger partial charge in [0.05, 0.1) is 39.4 Å². The number of carboxylic acids is 1. The van der Waals surface area contributed by atoms with Crippen LogP contribution in [-0.4, -0.2) is 75.3 Å². The van der Waals surface area contributed by atoms with E-state index in [4.69, 9.17) is 16.3 Å². The SMILES string of the molecule is Cc1cc(-c2cc(Cl)ccc2OCCn2c(C)nc3cnc(N4CCN(C)CC4)c(C#N)c3c2=O)c2scc(C(=O)O)c2n1. The molecule has 6 rings (SSSR count). The molecule has 0 saturated carbocycles. The largest absolute Gasteiger partial charge is 0.491 e. The number of halogens is 1. The third-order valence-corrected chi connectivity index (χ3v) is 9.01. The number of thiophene rings is 1. The molecule has 44 heavy (non-hydrogen) atoms. The molecule has 1 aromatic carbocycles. The number of nitrogens with zero attached hydrogens (tertiary/aromatic N) is 7. The summed E-state index contributed by atoms with van der Waals surface area (Å²) in [5, 5.41) is 22.1. The van der Waals surface area contributed by atoms with Gasteiger partial charge in [0.15, 0.2) is 0 Å². The summed E-state index contributed by atoms with van der Waals surface area (Å²) < 4.78 is 8.45. The van der Waals surface area contributed by atoms with Crippen LogP contribution in [0.15, 0.2) is 40.6 Å². The van der Waals surface area contributed by atoms with Gasteiger partial charge in [0.1, 0.15) is 35.6 Å². The number of carboxylic acid groups (broad SMARTS) is 1. The van der Waals surface area contributed by atoms with Crippen LogP contribution >= 0.6 is 22.9 Å². The van der Waals surface area contributed by atoms with E-state index in [1.54, 1.807) is 43.6 Å². The Kier molecular flexibility index (Phi) is 7.94. The van der Waals surface area contributed by atoms with Gasteiger partial charge in [-0.25, -0.2) is 14.8 Å². The first kappa shape index (κ1) is 29.5. The molecule has 1 N–H and O–H groups in total. The minimum atomic E-state index is -1.04. The molecule has 0 atom stereocenters. The third-order valence-electron chi connectivity index (χ3n) is 7.77. The molecular formula is C31H28ClN7O4S. The van der Waals surface area contributed by atoms with E-state index in [2.05, 4.69) is 25.9 Å². The Morgan fingerprint density at radius 1 is 1.16 bits per heavy atom. The molecule has 0 bridgehead atoms. The number of fused-ring (bicyclic) bond motifs is 2. The van der Waals surface area contributed by atoms with Crippen molar-refractivity contribution in [2.75, 3.05) is 44.7 Å². The van der Waals surface area contributed by atoms with Gasteiger partial charge in [0.25, 0.3) is 5.56 Å². The highest BCUT2D eigenvalue weighted by molar-refractivity contribution is 7.18. The predicted octanol–water partition coefficient (Wildman–Crippen LogP) is 4.74. The van der Waals surface area contributed by atoms with E-state index in [1.807, 2.05) is 18.0 Å². The molecule has 1 aliphatic rings. The van der Waals surface area contributed by atoms with Gasteiger partial charge < -0.3 is 19.6 Å². The molecule has 0 amide bonds. The lowest BCUT2D eigenvalue weighted by Gasteiger charge is -2.33. The second-order valence-corrected chi connectivity index (χ2v) is 12.0. The van der Waals surface area contributed by atoms with Gasteiger partial charge in [-0.15, -0.1) is 11.3 Å². The number of anilines is 1. The Morgan fingerprint density at radius 3 is 2.66 bits per heavy atom. The first-order valence-electron chi connectivity index (χ1n) is 13.9. The Bertz CT molecular complexity index is 2040. The number of nitriles is 1. The molecule has 0 unspecified atom stereocenters. The van der Waals surface area contributed by atoms with Gasteiger partial charge in [0.2, 0.25) is 0 Å². The zero-order valence-corrected chi connectivity index (χ0v) is 25.9. The molecule has 5 aromatic rings. The van der Waals surface area contributed by atoms with Crippen LogP contribution in [0, 0.1) is 25.2 Å². The summed E-state index contributed by atoms with van der Waals surface area (Å²) in [6, 6.07) is 9.33. The zero-order chi connectivity index (χ0) is 31.1. The van der Waals surface area contributed by atoms with Gasteiger partial charge in [0, 0.05) is 53.4 Å². The lowest BCUT2D eigenvalue weighted by molar-refractivity contribution is 0.0699. The van der Waals surface area contributed by atoms with Crippen molar-refractivity contribution in [1.29, 1.82) is 5.26 Å².